The van der Waals surface area contributed by atoms with Gasteiger partial charge in [0.05, 0.1) is 32.2 Å². The van der Waals surface area contributed by atoms with Gasteiger partial charge >= 0.3 is 5.97 Å². The summed E-state index contributed by atoms with van der Waals surface area (Å²) in [4.78, 5) is 38.4. The lowest BCUT2D eigenvalue weighted by Gasteiger charge is -2.23. The Kier molecular flexibility index (Phi) is 6.18. The average molecular weight is 418 g/mol. The second-order valence-electron chi connectivity index (χ2n) is 6.50. The van der Waals surface area contributed by atoms with Gasteiger partial charge < -0.3 is 4.84 Å². The van der Waals surface area contributed by atoms with Crippen LogP contribution in [0.5, 0.6) is 0 Å². The molecule has 3 rings (SSSR count). The van der Waals surface area contributed by atoms with Gasteiger partial charge in [0.2, 0.25) is 0 Å². The second kappa shape index (κ2) is 8.78. The summed E-state index contributed by atoms with van der Waals surface area (Å²) in [5.74, 6) is -1.20. The lowest BCUT2D eigenvalue weighted by molar-refractivity contribution is -0.394. The van der Waals surface area contributed by atoms with E-state index in [1.807, 2.05) is 0 Å². The first-order valence-electron chi connectivity index (χ1n) is 8.84. The Bertz CT molecular complexity index is 1010. The predicted molar refractivity (Wildman–Crippen MR) is 105 cm³/mol. The molecule has 1 unspecified atom stereocenters. The van der Waals surface area contributed by atoms with Crippen LogP contribution >= 0.6 is 11.6 Å². The number of rotatable bonds is 5. The van der Waals surface area contributed by atoms with Crippen molar-refractivity contribution in [2.75, 3.05) is 0 Å². The molecule has 0 radical (unpaired) electrons. The molecule has 0 amide bonds. The van der Waals surface area contributed by atoms with Crippen molar-refractivity contribution < 1.29 is 19.5 Å². The zero-order valence-corrected chi connectivity index (χ0v) is 15.9. The molecule has 10 heteroatoms. The van der Waals surface area contributed by atoms with Crippen LogP contribution in [0.2, 0.25) is 5.02 Å². The van der Waals surface area contributed by atoms with E-state index in [1.54, 1.807) is 18.2 Å². The summed E-state index contributed by atoms with van der Waals surface area (Å²) in [5, 5.41) is 26.6. The van der Waals surface area contributed by atoms with Crippen LogP contribution in [0, 0.1) is 20.2 Å². The largest absolute Gasteiger partial charge is 0.367 e. The summed E-state index contributed by atoms with van der Waals surface area (Å²) in [6.07, 6.45) is 2.64. The number of nitrogens with zero attached hydrogens (tertiary/aromatic N) is 3. The number of benzene rings is 2. The highest BCUT2D eigenvalue weighted by Crippen LogP contribution is 2.37. The zero-order valence-electron chi connectivity index (χ0n) is 15.1. The van der Waals surface area contributed by atoms with Crippen LogP contribution in [-0.2, 0) is 4.84 Å². The van der Waals surface area contributed by atoms with Crippen molar-refractivity contribution in [2.45, 2.75) is 31.6 Å². The summed E-state index contributed by atoms with van der Waals surface area (Å²) in [7, 11) is 0. The average Bonchev–Trinajstić information content (AvgIpc) is 2.72. The molecule has 1 atom stereocenters. The van der Waals surface area contributed by atoms with Gasteiger partial charge in [0, 0.05) is 17.5 Å². The Morgan fingerprint density at radius 2 is 1.86 bits per heavy atom. The smallest absolute Gasteiger partial charge is 0.313 e. The molecule has 9 nitrogen and oxygen atoms in total. The molecule has 2 aromatic rings. The fraction of sp³-hybridized carbons (Fsp3) is 0.263. The van der Waals surface area contributed by atoms with Gasteiger partial charge in [-0.1, -0.05) is 35.3 Å². The van der Waals surface area contributed by atoms with E-state index in [9.17, 15) is 25.0 Å². The summed E-state index contributed by atoms with van der Waals surface area (Å²) in [5.41, 5.74) is 0.241. The Balaban J connectivity index is 1.91. The lowest BCUT2D eigenvalue weighted by Crippen LogP contribution is -2.20. The minimum Gasteiger partial charge on any atom is -0.313 e. The molecule has 29 heavy (non-hydrogen) atoms. The van der Waals surface area contributed by atoms with Crippen molar-refractivity contribution >= 4 is 34.7 Å². The molecule has 0 heterocycles. The Labute approximate surface area is 170 Å². The summed E-state index contributed by atoms with van der Waals surface area (Å²) >= 11 is 5.98. The number of oxime groups is 1. The highest BCUT2D eigenvalue weighted by atomic mass is 35.5. The van der Waals surface area contributed by atoms with E-state index < -0.39 is 21.7 Å². The van der Waals surface area contributed by atoms with E-state index in [1.165, 1.54) is 18.2 Å². The molecule has 0 aliphatic heterocycles. The number of halogens is 1. The van der Waals surface area contributed by atoms with Gasteiger partial charge in [-0.05, 0) is 37.5 Å². The molecule has 0 aromatic heterocycles. The SMILES string of the molecule is O=C(ON=C1CCCCC1c1ccc([N+](=O)[O-])cc1[N+](=O)[O-])c1ccccc1Cl. The number of nitro groups is 2. The molecule has 150 valence electrons. The van der Waals surface area contributed by atoms with Crippen molar-refractivity contribution in [2.24, 2.45) is 5.16 Å². The van der Waals surface area contributed by atoms with E-state index in [4.69, 9.17) is 16.4 Å². The number of carbonyl (C=O) groups is 1. The van der Waals surface area contributed by atoms with Crippen LogP contribution in [0.4, 0.5) is 11.4 Å². The highest BCUT2D eigenvalue weighted by molar-refractivity contribution is 6.33. The Morgan fingerprint density at radius 3 is 2.55 bits per heavy atom. The van der Waals surface area contributed by atoms with E-state index in [0.29, 0.717) is 24.1 Å². The molecule has 1 aliphatic carbocycles. The van der Waals surface area contributed by atoms with Gasteiger partial charge in [0.25, 0.3) is 11.4 Å². The highest BCUT2D eigenvalue weighted by Gasteiger charge is 2.31. The third-order valence-electron chi connectivity index (χ3n) is 4.71. The molecular formula is C19H16ClN3O6. The van der Waals surface area contributed by atoms with Crippen LogP contribution in [-0.4, -0.2) is 21.5 Å². The maximum absolute atomic E-state index is 12.2. The molecule has 2 aromatic carbocycles. The van der Waals surface area contributed by atoms with Gasteiger partial charge in [-0.15, -0.1) is 0 Å². The van der Waals surface area contributed by atoms with Gasteiger partial charge in [-0.2, -0.15) is 0 Å². The maximum atomic E-state index is 12.2. The third kappa shape index (κ3) is 4.57. The number of non-ortho nitro benzene ring substituents is 1. The first-order chi connectivity index (χ1) is 13.9. The molecular weight excluding hydrogens is 402 g/mol. The number of hydrogen-bond donors (Lipinski definition) is 0. The van der Waals surface area contributed by atoms with Crippen LogP contribution in [0.3, 0.4) is 0 Å². The van der Waals surface area contributed by atoms with E-state index in [-0.39, 0.29) is 22.0 Å². The number of nitro benzene ring substituents is 2. The Hall–Kier alpha value is -3.33. The minimum absolute atomic E-state index is 0.159. The molecule has 1 saturated carbocycles. The second-order valence-corrected chi connectivity index (χ2v) is 6.90. The van der Waals surface area contributed by atoms with Crippen molar-refractivity contribution in [1.82, 2.24) is 0 Å². The summed E-state index contributed by atoms with van der Waals surface area (Å²) in [6.45, 7) is 0. The molecule has 0 saturated heterocycles. The monoisotopic (exact) mass is 417 g/mol. The van der Waals surface area contributed by atoms with E-state index in [2.05, 4.69) is 5.16 Å². The van der Waals surface area contributed by atoms with Gasteiger partial charge in [0.1, 0.15) is 0 Å². The van der Waals surface area contributed by atoms with Gasteiger partial charge in [-0.3, -0.25) is 20.2 Å². The third-order valence-corrected chi connectivity index (χ3v) is 5.04. The van der Waals surface area contributed by atoms with Gasteiger partial charge in [-0.25, -0.2) is 4.79 Å². The van der Waals surface area contributed by atoms with Crippen LogP contribution < -0.4 is 0 Å². The molecule has 0 bridgehead atoms. The fourth-order valence-electron chi connectivity index (χ4n) is 3.31. The molecule has 1 fully saturated rings. The Morgan fingerprint density at radius 1 is 1.10 bits per heavy atom. The van der Waals surface area contributed by atoms with E-state index >= 15 is 0 Å². The summed E-state index contributed by atoms with van der Waals surface area (Å²) < 4.78 is 0. The maximum Gasteiger partial charge on any atom is 0.367 e. The van der Waals surface area contributed by atoms with Crippen molar-refractivity contribution in [1.29, 1.82) is 0 Å². The molecule has 1 aliphatic rings. The topological polar surface area (TPSA) is 125 Å². The molecule has 0 N–H and O–H groups in total. The van der Waals surface area contributed by atoms with Crippen LogP contribution in [0.25, 0.3) is 0 Å². The fourth-order valence-corrected chi connectivity index (χ4v) is 3.53. The quantitative estimate of drug-likeness (QED) is 0.381. The summed E-state index contributed by atoms with van der Waals surface area (Å²) in [6, 6.07) is 9.91. The molecule has 0 spiro atoms. The standard InChI is InChI=1S/C19H16ClN3O6/c20-16-7-3-1-6-15(16)19(24)29-21-17-8-4-2-5-13(17)14-10-9-12(22(25)26)11-18(14)23(27)28/h1,3,6-7,9-11,13H,2,4-5,8H2. The van der Waals surface area contributed by atoms with Gasteiger partial charge in [0.15, 0.2) is 0 Å². The predicted octanol–water partition coefficient (Wildman–Crippen LogP) is 5.03. The lowest BCUT2D eigenvalue weighted by atomic mass is 9.81. The zero-order chi connectivity index (χ0) is 21.0. The van der Waals surface area contributed by atoms with Crippen LogP contribution in [0.1, 0.15) is 47.5 Å². The van der Waals surface area contributed by atoms with Crippen molar-refractivity contribution in [3.8, 4) is 0 Å². The van der Waals surface area contributed by atoms with Crippen molar-refractivity contribution in [3.05, 3.63) is 78.8 Å². The normalized spacial score (nSPS) is 17.7. The van der Waals surface area contributed by atoms with E-state index in [0.717, 1.165) is 18.9 Å². The number of hydrogen-bond acceptors (Lipinski definition) is 7. The van der Waals surface area contributed by atoms with Crippen molar-refractivity contribution in [3.63, 3.8) is 0 Å². The number of carbonyl (C=O) groups excluding carboxylic acids is 1. The minimum atomic E-state index is -0.731. The first kappa shape index (κ1) is 20.4. The first-order valence-corrected chi connectivity index (χ1v) is 9.21. The van der Waals surface area contributed by atoms with Crippen LogP contribution in [0.15, 0.2) is 47.6 Å².